The van der Waals surface area contributed by atoms with Gasteiger partial charge in [-0.2, -0.15) is 0 Å². The first-order chi connectivity index (χ1) is 15.4. The summed E-state index contributed by atoms with van der Waals surface area (Å²) in [5, 5.41) is 5.47. The molecule has 3 rings (SSSR count). The lowest BCUT2D eigenvalue weighted by atomic mass is 10.1. The van der Waals surface area contributed by atoms with Gasteiger partial charge < -0.3 is 16.4 Å². The number of anilines is 2. The van der Waals surface area contributed by atoms with Crippen LogP contribution in [0.2, 0.25) is 0 Å². The van der Waals surface area contributed by atoms with Crippen LogP contribution in [0.15, 0.2) is 83.8 Å². The number of primary amides is 1. The first-order valence-corrected chi connectivity index (χ1v) is 11.1. The molecule has 0 aliphatic heterocycles. The monoisotopic (exact) mass is 447 g/mol. The van der Waals surface area contributed by atoms with Crippen LogP contribution < -0.4 is 16.4 Å². The molecule has 1 unspecified atom stereocenters. The van der Waals surface area contributed by atoms with Gasteiger partial charge in [-0.1, -0.05) is 43.3 Å². The van der Waals surface area contributed by atoms with Gasteiger partial charge in [0.15, 0.2) is 0 Å². The Morgan fingerprint density at radius 1 is 0.875 bits per heavy atom. The van der Waals surface area contributed by atoms with Crippen LogP contribution in [0, 0.1) is 0 Å². The molecule has 3 aromatic rings. The van der Waals surface area contributed by atoms with Crippen LogP contribution in [0.1, 0.15) is 29.3 Å². The highest BCUT2D eigenvalue weighted by molar-refractivity contribution is 8.00. The molecule has 164 valence electrons. The molecular formula is C25H25N3O3S. The van der Waals surface area contributed by atoms with Crippen molar-refractivity contribution in [2.24, 2.45) is 5.73 Å². The smallest absolute Gasteiger partial charge is 0.248 e. The predicted molar refractivity (Wildman–Crippen MR) is 129 cm³/mol. The van der Waals surface area contributed by atoms with Crippen molar-refractivity contribution in [3.05, 3.63) is 90.0 Å². The van der Waals surface area contributed by atoms with Gasteiger partial charge in [0.2, 0.25) is 17.7 Å². The summed E-state index contributed by atoms with van der Waals surface area (Å²) in [7, 11) is 0. The number of carbonyl (C=O) groups excluding carboxylic acids is 3. The van der Waals surface area contributed by atoms with E-state index < -0.39 is 5.91 Å². The van der Waals surface area contributed by atoms with Crippen molar-refractivity contribution in [2.45, 2.75) is 29.9 Å². The second kappa shape index (κ2) is 11.2. The van der Waals surface area contributed by atoms with Crippen LogP contribution in [0.3, 0.4) is 0 Å². The number of benzene rings is 3. The van der Waals surface area contributed by atoms with Gasteiger partial charge in [-0.25, -0.2) is 0 Å². The van der Waals surface area contributed by atoms with Crippen LogP contribution >= 0.6 is 11.8 Å². The quantitative estimate of drug-likeness (QED) is 0.421. The van der Waals surface area contributed by atoms with Crippen molar-refractivity contribution >= 4 is 40.9 Å². The van der Waals surface area contributed by atoms with Crippen molar-refractivity contribution in [2.75, 3.05) is 10.6 Å². The Balaban J connectivity index is 1.60. The van der Waals surface area contributed by atoms with Gasteiger partial charge >= 0.3 is 0 Å². The number of thioether (sulfide) groups is 1. The summed E-state index contributed by atoms with van der Waals surface area (Å²) in [6.07, 6.45) is 0.924. The first-order valence-electron chi connectivity index (χ1n) is 10.3. The number of nitrogens with two attached hydrogens (primary N) is 1. The van der Waals surface area contributed by atoms with Gasteiger partial charge in [0.05, 0.1) is 11.7 Å². The molecule has 32 heavy (non-hydrogen) atoms. The number of carbonyl (C=O) groups is 3. The Morgan fingerprint density at radius 3 is 2.25 bits per heavy atom. The minimum atomic E-state index is -0.513. The largest absolute Gasteiger partial charge is 0.366 e. The molecule has 4 N–H and O–H groups in total. The van der Waals surface area contributed by atoms with E-state index in [2.05, 4.69) is 10.6 Å². The number of hydrogen-bond donors (Lipinski definition) is 3. The third-order valence-electron chi connectivity index (χ3n) is 4.70. The molecule has 3 amide bonds. The van der Waals surface area contributed by atoms with E-state index in [1.807, 2.05) is 61.5 Å². The molecule has 0 saturated heterocycles. The van der Waals surface area contributed by atoms with Gasteiger partial charge in [0, 0.05) is 21.8 Å². The minimum absolute atomic E-state index is 0.0949. The van der Waals surface area contributed by atoms with E-state index in [1.54, 1.807) is 24.3 Å². The Hall–Kier alpha value is -3.58. The van der Waals surface area contributed by atoms with E-state index >= 15 is 0 Å². The number of amides is 3. The van der Waals surface area contributed by atoms with Gasteiger partial charge in [0.25, 0.3) is 0 Å². The number of hydrogen-bond acceptors (Lipinski definition) is 4. The Bertz CT molecular complexity index is 1090. The van der Waals surface area contributed by atoms with Crippen LogP contribution in [0.5, 0.6) is 0 Å². The van der Waals surface area contributed by atoms with E-state index in [9.17, 15) is 14.4 Å². The molecule has 0 heterocycles. The third-order valence-corrected chi connectivity index (χ3v) is 6.06. The van der Waals surface area contributed by atoms with E-state index in [1.165, 1.54) is 11.8 Å². The average molecular weight is 448 g/mol. The highest BCUT2D eigenvalue weighted by Crippen LogP contribution is 2.28. The second-order valence-corrected chi connectivity index (χ2v) is 8.46. The normalized spacial score (nSPS) is 11.4. The number of nitrogens with one attached hydrogen (secondary N) is 2. The molecule has 0 fully saturated rings. The molecule has 6 nitrogen and oxygen atoms in total. The molecule has 0 saturated carbocycles. The van der Waals surface area contributed by atoms with Crippen LogP contribution in [-0.2, 0) is 16.0 Å². The SMILES string of the molecule is CCC(Sc1cccc(NC(=O)Cc2ccccc2)c1)C(=O)Nc1ccc(C(N)=O)cc1. The zero-order chi connectivity index (χ0) is 22.9. The summed E-state index contributed by atoms with van der Waals surface area (Å²) in [4.78, 5) is 37.1. The van der Waals surface area contributed by atoms with Crippen molar-refractivity contribution in [1.82, 2.24) is 0 Å². The highest BCUT2D eigenvalue weighted by Gasteiger charge is 2.18. The van der Waals surface area contributed by atoms with Gasteiger partial charge in [-0.15, -0.1) is 11.8 Å². The van der Waals surface area contributed by atoms with Gasteiger partial charge in [0.1, 0.15) is 0 Å². The Labute approximate surface area is 191 Å². The first kappa shape index (κ1) is 23.1. The van der Waals surface area contributed by atoms with Crippen molar-refractivity contribution in [3.63, 3.8) is 0 Å². The molecule has 0 radical (unpaired) electrons. The summed E-state index contributed by atoms with van der Waals surface area (Å²) in [5.74, 6) is -0.744. The van der Waals surface area contributed by atoms with E-state index in [0.717, 1.165) is 10.5 Å². The molecule has 1 atom stereocenters. The fourth-order valence-electron chi connectivity index (χ4n) is 3.06. The van der Waals surface area contributed by atoms with Gasteiger partial charge in [-0.05, 0) is 54.4 Å². The summed E-state index contributed by atoms with van der Waals surface area (Å²) in [5.41, 5.74) is 7.86. The summed E-state index contributed by atoms with van der Waals surface area (Å²) >= 11 is 1.43. The van der Waals surface area contributed by atoms with Crippen molar-refractivity contribution in [1.29, 1.82) is 0 Å². The lowest BCUT2D eigenvalue weighted by Crippen LogP contribution is -2.24. The molecule has 0 bridgehead atoms. The maximum Gasteiger partial charge on any atom is 0.248 e. The van der Waals surface area contributed by atoms with Crippen LogP contribution in [-0.4, -0.2) is 23.0 Å². The fraction of sp³-hybridized carbons (Fsp3) is 0.160. The number of rotatable bonds is 9. The fourth-order valence-corrected chi connectivity index (χ4v) is 4.07. The predicted octanol–water partition coefficient (Wildman–Crippen LogP) is 4.48. The van der Waals surface area contributed by atoms with Gasteiger partial charge in [-0.3, -0.25) is 14.4 Å². The molecule has 3 aromatic carbocycles. The Kier molecular flexibility index (Phi) is 8.05. The highest BCUT2D eigenvalue weighted by atomic mass is 32.2. The van der Waals surface area contributed by atoms with Crippen molar-refractivity contribution < 1.29 is 14.4 Å². The van der Waals surface area contributed by atoms with Crippen LogP contribution in [0.4, 0.5) is 11.4 Å². The minimum Gasteiger partial charge on any atom is -0.366 e. The van der Waals surface area contributed by atoms with E-state index in [0.29, 0.717) is 29.8 Å². The maximum absolute atomic E-state index is 12.7. The second-order valence-electron chi connectivity index (χ2n) is 7.18. The topological polar surface area (TPSA) is 101 Å². The molecule has 7 heteroatoms. The maximum atomic E-state index is 12.7. The summed E-state index contributed by atoms with van der Waals surface area (Å²) < 4.78 is 0. The Morgan fingerprint density at radius 2 is 1.59 bits per heavy atom. The lowest BCUT2D eigenvalue weighted by Gasteiger charge is -2.15. The zero-order valence-electron chi connectivity index (χ0n) is 17.7. The summed E-state index contributed by atoms with van der Waals surface area (Å²) in [6.45, 7) is 1.94. The zero-order valence-corrected chi connectivity index (χ0v) is 18.5. The third kappa shape index (κ3) is 6.72. The molecule has 0 aromatic heterocycles. The van der Waals surface area contributed by atoms with E-state index in [4.69, 9.17) is 5.73 Å². The lowest BCUT2D eigenvalue weighted by molar-refractivity contribution is -0.116. The molecule has 0 aliphatic rings. The average Bonchev–Trinajstić information content (AvgIpc) is 2.78. The standard InChI is InChI=1S/C25H25N3O3S/c1-2-22(25(31)28-19-13-11-18(12-14-19)24(26)30)32-21-10-6-9-20(16-21)27-23(29)15-17-7-4-3-5-8-17/h3-14,16,22H,2,15H2,1H3,(H2,26,30)(H,27,29)(H,28,31). The van der Waals surface area contributed by atoms with Crippen LogP contribution in [0.25, 0.3) is 0 Å². The molecule has 0 aliphatic carbocycles. The molecular weight excluding hydrogens is 422 g/mol. The summed E-state index contributed by atoms with van der Waals surface area (Å²) in [6, 6.07) is 23.5. The van der Waals surface area contributed by atoms with E-state index in [-0.39, 0.29) is 17.1 Å². The molecule has 0 spiro atoms. The van der Waals surface area contributed by atoms with Crippen molar-refractivity contribution in [3.8, 4) is 0 Å².